The van der Waals surface area contributed by atoms with Gasteiger partial charge in [0.2, 0.25) is 5.91 Å². The van der Waals surface area contributed by atoms with Crippen LogP contribution in [0, 0.1) is 18.8 Å². The summed E-state index contributed by atoms with van der Waals surface area (Å²) in [7, 11) is 0. The summed E-state index contributed by atoms with van der Waals surface area (Å²) in [5.41, 5.74) is 5.87. The van der Waals surface area contributed by atoms with E-state index >= 15 is 0 Å². The number of aryl methyl sites for hydroxylation is 2. The van der Waals surface area contributed by atoms with E-state index in [1.54, 1.807) is 6.08 Å². The minimum atomic E-state index is 0.113. The maximum absolute atomic E-state index is 12.7. The average Bonchev–Trinajstić information content (AvgIpc) is 3.26. The monoisotopic (exact) mass is 358 g/mol. The zero-order chi connectivity index (χ0) is 18.8. The summed E-state index contributed by atoms with van der Waals surface area (Å²) in [6, 6.07) is 14.7. The van der Waals surface area contributed by atoms with Crippen molar-refractivity contribution in [3.63, 3.8) is 0 Å². The number of hydrogen-bond acceptors (Lipinski definition) is 2. The van der Waals surface area contributed by atoms with Crippen LogP contribution in [0.3, 0.4) is 0 Å². The maximum Gasteiger partial charge on any atom is 0.246 e. The number of fused-ring (bicyclic) bond motifs is 1. The van der Waals surface area contributed by atoms with Crippen LogP contribution >= 0.6 is 0 Å². The molecule has 1 aromatic heterocycles. The number of aromatic nitrogens is 1. The number of amides is 1. The molecular formula is C24H26N2O. The number of likely N-dealkylation sites (tertiary alicyclic amines) is 1. The number of benzene rings is 1. The van der Waals surface area contributed by atoms with E-state index in [-0.39, 0.29) is 5.91 Å². The quantitative estimate of drug-likeness (QED) is 0.753. The van der Waals surface area contributed by atoms with Crippen molar-refractivity contribution in [2.75, 3.05) is 13.1 Å². The Balaban J connectivity index is 1.42. The van der Waals surface area contributed by atoms with Crippen molar-refractivity contribution in [1.29, 1.82) is 0 Å². The van der Waals surface area contributed by atoms with E-state index in [1.807, 2.05) is 24.0 Å². The van der Waals surface area contributed by atoms with Gasteiger partial charge in [0.15, 0.2) is 0 Å². The van der Waals surface area contributed by atoms with Crippen LogP contribution in [0.4, 0.5) is 0 Å². The normalized spacial score (nSPS) is 21.6. The highest BCUT2D eigenvalue weighted by Crippen LogP contribution is 2.40. The molecule has 2 atom stereocenters. The predicted octanol–water partition coefficient (Wildman–Crippen LogP) is 4.53. The molecule has 0 saturated carbocycles. The van der Waals surface area contributed by atoms with Gasteiger partial charge in [0.1, 0.15) is 0 Å². The third-order valence-electron chi connectivity index (χ3n) is 5.73. The number of hydrogen-bond donors (Lipinski definition) is 0. The van der Waals surface area contributed by atoms with E-state index in [4.69, 9.17) is 0 Å². The summed E-state index contributed by atoms with van der Waals surface area (Å²) in [6.07, 6.45) is 7.97. The van der Waals surface area contributed by atoms with E-state index in [2.05, 4.69) is 54.4 Å². The zero-order valence-electron chi connectivity index (χ0n) is 16.1. The first-order valence-corrected chi connectivity index (χ1v) is 9.83. The lowest BCUT2D eigenvalue weighted by Crippen LogP contribution is -2.27. The first-order valence-electron chi connectivity index (χ1n) is 9.83. The third-order valence-corrected chi connectivity index (χ3v) is 5.73. The van der Waals surface area contributed by atoms with Gasteiger partial charge in [-0.1, -0.05) is 49.4 Å². The third kappa shape index (κ3) is 3.73. The van der Waals surface area contributed by atoms with Crippen molar-refractivity contribution in [2.24, 2.45) is 11.8 Å². The van der Waals surface area contributed by atoms with Crippen molar-refractivity contribution in [3.8, 4) is 0 Å². The second kappa shape index (κ2) is 7.51. The molecule has 2 heterocycles. The van der Waals surface area contributed by atoms with Gasteiger partial charge in [0.25, 0.3) is 0 Å². The molecule has 2 unspecified atom stereocenters. The van der Waals surface area contributed by atoms with Crippen LogP contribution in [0.2, 0.25) is 0 Å². The Bertz CT molecular complexity index is 898. The Hall–Kier alpha value is -2.68. The van der Waals surface area contributed by atoms with Crippen LogP contribution in [-0.4, -0.2) is 28.9 Å². The molecule has 0 radical (unpaired) electrons. The van der Waals surface area contributed by atoms with Gasteiger partial charge < -0.3 is 4.90 Å². The predicted molar refractivity (Wildman–Crippen MR) is 110 cm³/mol. The highest BCUT2D eigenvalue weighted by atomic mass is 16.2. The molecule has 2 aliphatic rings. The smallest absolute Gasteiger partial charge is 0.246 e. The highest BCUT2D eigenvalue weighted by molar-refractivity contribution is 5.92. The molecule has 138 valence electrons. The molecule has 4 rings (SSSR count). The molecule has 1 fully saturated rings. The molecule has 1 aromatic carbocycles. The molecule has 1 aliphatic carbocycles. The molecule has 0 bridgehead atoms. The first-order chi connectivity index (χ1) is 13.1. The Kier molecular flexibility index (Phi) is 4.93. The van der Waals surface area contributed by atoms with Gasteiger partial charge in [0.05, 0.1) is 0 Å². The van der Waals surface area contributed by atoms with E-state index in [9.17, 15) is 4.79 Å². The van der Waals surface area contributed by atoms with E-state index < -0.39 is 0 Å². The Morgan fingerprint density at radius 3 is 2.74 bits per heavy atom. The lowest BCUT2D eigenvalue weighted by Gasteiger charge is -2.15. The second-order valence-corrected chi connectivity index (χ2v) is 7.60. The molecular weight excluding hydrogens is 332 g/mol. The molecule has 1 amide bonds. The van der Waals surface area contributed by atoms with Gasteiger partial charge in [-0.2, -0.15) is 0 Å². The lowest BCUT2D eigenvalue weighted by molar-refractivity contribution is -0.125. The summed E-state index contributed by atoms with van der Waals surface area (Å²) < 4.78 is 0. The Labute approximate surface area is 161 Å². The summed E-state index contributed by atoms with van der Waals surface area (Å²) in [6.45, 7) is 5.78. The van der Waals surface area contributed by atoms with Crippen LogP contribution in [-0.2, 0) is 11.2 Å². The number of nitrogens with zero attached hydrogens (tertiary/aromatic N) is 2. The first kappa shape index (κ1) is 17.7. The molecule has 3 nitrogen and oxygen atoms in total. The number of rotatable bonds is 4. The molecule has 0 spiro atoms. The molecule has 3 heteroatoms. The van der Waals surface area contributed by atoms with Gasteiger partial charge in [-0.15, -0.1) is 0 Å². The SMILES string of the molecule is CCc1nc(C)ccc1/C=C/C(=O)N1CC2C=C(c3ccccc3)CC2C1. The number of pyridine rings is 1. The van der Waals surface area contributed by atoms with E-state index in [1.165, 1.54) is 11.1 Å². The van der Waals surface area contributed by atoms with E-state index in [0.717, 1.165) is 42.9 Å². The minimum absolute atomic E-state index is 0.113. The van der Waals surface area contributed by atoms with Crippen molar-refractivity contribution < 1.29 is 4.79 Å². The minimum Gasteiger partial charge on any atom is -0.338 e. The lowest BCUT2D eigenvalue weighted by atomic mass is 9.98. The van der Waals surface area contributed by atoms with Crippen LogP contribution in [0.1, 0.15) is 35.9 Å². The number of allylic oxidation sites excluding steroid dienone is 1. The molecule has 27 heavy (non-hydrogen) atoms. The topological polar surface area (TPSA) is 33.2 Å². The fourth-order valence-corrected chi connectivity index (χ4v) is 4.28. The van der Waals surface area contributed by atoms with Gasteiger partial charge in [-0.25, -0.2) is 0 Å². The highest BCUT2D eigenvalue weighted by Gasteiger charge is 2.37. The summed E-state index contributed by atoms with van der Waals surface area (Å²) in [4.78, 5) is 19.2. The molecule has 2 aromatic rings. The van der Waals surface area contributed by atoms with Crippen LogP contribution < -0.4 is 0 Å². The fourth-order valence-electron chi connectivity index (χ4n) is 4.28. The Morgan fingerprint density at radius 2 is 2.00 bits per heavy atom. The molecule has 0 N–H and O–H groups in total. The Morgan fingerprint density at radius 1 is 1.19 bits per heavy atom. The van der Waals surface area contributed by atoms with Crippen LogP contribution in [0.5, 0.6) is 0 Å². The maximum atomic E-state index is 12.7. The van der Waals surface area contributed by atoms with Crippen molar-refractivity contribution in [1.82, 2.24) is 9.88 Å². The number of carbonyl (C=O) groups excluding carboxylic acids is 1. The van der Waals surface area contributed by atoms with Crippen molar-refractivity contribution in [3.05, 3.63) is 77.1 Å². The molecule has 1 saturated heterocycles. The van der Waals surface area contributed by atoms with Gasteiger partial charge in [-0.05, 0) is 60.4 Å². The number of carbonyl (C=O) groups is 1. The van der Waals surface area contributed by atoms with Crippen molar-refractivity contribution >= 4 is 17.6 Å². The summed E-state index contributed by atoms with van der Waals surface area (Å²) in [5, 5.41) is 0. The second-order valence-electron chi connectivity index (χ2n) is 7.60. The fraction of sp³-hybridized carbons (Fsp3) is 0.333. The van der Waals surface area contributed by atoms with Gasteiger partial charge >= 0.3 is 0 Å². The van der Waals surface area contributed by atoms with Gasteiger partial charge in [-0.3, -0.25) is 9.78 Å². The largest absolute Gasteiger partial charge is 0.338 e. The van der Waals surface area contributed by atoms with E-state index in [0.29, 0.717) is 11.8 Å². The van der Waals surface area contributed by atoms with Gasteiger partial charge in [0, 0.05) is 30.6 Å². The van der Waals surface area contributed by atoms with Crippen molar-refractivity contribution in [2.45, 2.75) is 26.7 Å². The van der Waals surface area contributed by atoms with Crippen LogP contribution in [0.15, 0.2) is 54.6 Å². The molecule has 1 aliphatic heterocycles. The summed E-state index contributed by atoms with van der Waals surface area (Å²) >= 11 is 0. The average molecular weight is 358 g/mol. The van der Waals surface area contributed by atoms with Crippen LogP contribution in [0.25, 0.3) is 11.6 Å². The summed E-state index contributed by atoms with van der Waals surface area (Å²) in [5.74, 6) is 1.16. The standard InChI is InChI=1S/C24H26N2O/c1-3-23-19(10-9-17(2)25-23)11-12-24(27)26-15-21-13-20(14-22(21)16-26)18-7-5-4-6-8-18/h4-13,21-22H,3,14-16H2,1-2H3/b12-11+. The zero-order valence-corrected chi connectivity index (χ0v) is 16.1.